The van der Waals surface area contributed by atoms with E-state index >= 15 is 0 Å². The first-order valence-electron chi connectivity index (χ1n) is 8.62. The Morgan fingerprint density at radius 1 is 1.22 bits per heavy atom. The molecule has 0 aliphatic carbocycles. The Labute approximate surface area is 154 Å². The van der Waals surface area contributed by atoms with Crippen molar-refractivity contribution >= 4 is 23.8 Å². The Hall–Kier alpha value is -2.95. The summed E-state index contributed by atoms with van der Waals surface area (Å²) in [5.74, 6) is -3.54. The summed E-state index contributed by atoms with van der Waals surface area (Å²) >= 11 is 0. The molecule has 0 aromatic carbocycles. The van der Waals surface area contributed by atoms with E-state index in [1.54, 1.807) is 0 Å². The molecule has 6 N–H and O–H groups in total. The zero-order valence-corrected chi connectivity index (χ0v) is 14.6. The summed E-state index contributed by atoms with van der Waals surface area (Å²) in [6.07, 6.45) is 3.87. The van der Waals surface area contributed by atoms with Crippen LogP contribution in [0.3, 0.4) is 0 Å². The Morgan fingerprint density at radius 3 is 2.56 bits per heavy atom. The predicted molar refractivity (Wildman–Crippen MR) is 91.7 cm³/mol. The second-order valence-corrected chi connectivity index (χ2v) is 6.32. The van der Waals surface area contributed by atoms with Crippen LogP contribution in [0.2, 0.25) is 0 Å². The third kappa shape index (κ3) is 6.37. The summed E-state index contributed by atoms with van der Waals surface area (Å²) in [5, 5.41) is 25.9. The summed E-state index contributed by atoms with van der Waals surface area (Å²) in [6.45, 7) is 0.714. The van der Waals surface area contributed by atoms with Crippen LogP contribution in [-0.4, -0.2) is 68.6 Å². The fourth-order valence-electron chi connectivity index (χ4n) is 2.80. The first-order valence-corrected chi connectivity index (χ1v) is 8.62. The largest absolute Gasteiger partial charge is 0.481 e. The molecule has 1 aliphatic heterocycles. The van der Waals surface area contributed by atoms with E-state index in [4.69, 9.17) is 5.11 Å². The maximum absolute atomic E-state index is 12.6. The van der Waals surface area contributed by atoms with Crippen LogP contribution in [-0.2, 0) is 25.6 Å². The van der Waals surface area contributed by atoms with E-state index in [1.165, 1.54) is 12.5 Å². The Balaban J connectivity index is 2.05. The molecule has 1 aliphatic rings. The van der Waals surface area contributed by atoms with E-state index in [0.717, 1.165) is 6.42 Å². The number of H-pyrrole nitrogens is 1. The van der Waals surface area contributed by atoms with Gasteiger partial charge in [0.15, 0.2) is 0 Å². The minimum Gasteiger partial charge on any atom is -0.481 e. The molecule has 11 nitrogen and oxygen atoms in total. The highest BCUT2D eigenvalue weighted by Gasteiger charge is 2.30. The molecule has 3 atom stereocenters. The van der Waals surface area contributed by atoms with Crippen molar-refractivity contribution in [3.05, 3.63) is 18.2 Å². The molecule has 1 aromatic rings. The van der Waals surface area contributed by atoms with Gasteiger partial charge in [0.25, 0.3) is 0 Å². The normalized spacial score (nSPS) is 18.4. The van der Waals surface area contributed by atoms with E-state index in [2.05, 4.69) is 25.9 Å². The van der Waals surface area contributed by atoms with Crippen molar-refractivity contribution in [1.29, 1.82) is 0 Å². The van der Waals surface area contributed by atoms with Gasteiger partial charge in [0.2, 0.25) is 11.8 Å². The summed E-state index contributed by atoms with van der Waals surface area (Å²) < 4.78 is 0. The first-order chi connectivity index (χ1) is 12.9. The minimum absolute atomic E-state index is 0.0928. The highest BCUT2D eigenvalue weighted by Crippen LogP contribution is 2.07. The van der Waals surface area contributed by atoms with Crippen LogP contribution in [0.15, 0.2) is 12.5 Å². The number of aromatic amines is 1. The lowest BCUT2D eigenvalue weighted by Crippen LogP contribution is -2.55. The molecule has 1 saturated heterocycles. The van der Waals surface area contributed by atoms with Crippen molar-refractivity contribution in [2.24, 2.45) is 0 Å². The van der Waals surface area contributed by atoms with Gasteiger partial charge in [-0.2, -0.15) is 0 Å². The number of carbonyl (C=O) groups excluding carboxylic acids is 2. The third-order valence-corrected chi connectivity index (χ3v) is 4.25. The average Bonchev–Trinajstić information content (AvgIpc) is 3.30. The first kappa shape index (κ1) is 20.4. The van der Waals surface area contributed by atoms with E-state index in [9.17, 15) is 24.3 Å². The number of nitrogens with zero attached hydrogens (tertiary/aromatic N) is 1. The molecule has 1 fully saturated rings. The minimum atomic E-state index is -1.36. The van der Waals surface area contributed by atoms with Gasteiger partial charge in [-0.05, 0) is 25.8 Å². The van der Waals surface area contributed by atoms with Crippen molar-refractivity contribution in [3.63, 3.8) is 0 Å². The summed E-state index contributed by atoms with van der Waals surface area (Å²) in [5.41, 5.74) is 0.590. The number of hydrogen-bond acceptors (Lipinski definition) is 6. The van der Waals surface area contributed by atoms with Gasteiger partial charge < -0.3 is 31.1 Å². The number of carboxylic acids is 2. The number of rotatable bonds is 10. The predicted octanol–water partition coefficient (Wildman–Crippen LogP) is -1.38. The second kappa shape index (κ2) is 9.67. The second-order valence-electron chi connectivity index (χ2n) is 6.32. The van der Waals surface area contributed by atoms with Gasteiger partial charge in [0, 0.05) is 24.7 Å². The molecule has 148 valence electrons. The SMILES string of the molecule is O=C(O)CCC(NC(=O)C(Cc1cnc[nH]1)NC(=O)C1CCCN1)C(=O)O. The van der Waals surface area contributed by atoms with Crippen LogP contribution in [0.5, 0.6) is 0 Å². The molecule has 2 rings (SSSR count). The number of aromatic nitrogens is 2. The highest BCUT2D eigenvalue weighted by atomic mass is 16.4. The quantitative estimate of drug-likeness (QED) is 0.288. The molecule has 27 heavy (non-hydrogen) atoms. The topological polar surface area (TPSA) is 174 Å². The molecule has 0 radical (unpaired) electrons. The maximum Gasteiger partial charge on any atom is 0.326 e. The summed E-state index contributed by atoms with van der Waals surface area (Å²) in [4.78, 5) is 53.6. The highest BCUT2D eigenvalue weighted by molar-refractivity contribution is 5.92. The number of imidazole rings is 1. The molecule has 1 aromatic heterocycles. The zero-order chi connectivity index (χ0) is 19.8. The molecule has 0 bridgehead atoms. The van der Waals surface area contributed by atoms with Gasteiger partial charge in [-0.3, -0.25) is 14.4 Å². The van der Waals surface area contributed by atoms with Gasteiger partial charge in [-0.15, -0.1) is 0 Å². The van der Waals surface area contributed by atoms with E-state index < -0.39 is 42.4 Å². The summed E-state index contributed by atoms with van der Waals surface area (Å²) in [6, 6.07) is -2.78. The fraction of sp³-hybridized carbons (Fsp3) is 0.562. The number of aliphatic carboxylic acids is 2. The Kier molecular flexibility index (Phi) is 7.29. The van der Waals surface area contributed by atoms with E-state index in [-0.39, 0.29) is 18.7 Å². The van der Waals surface area contributed by atoms with E-state index in [0.29, 0.717) is 18.7 Å². The van der Waals surface area contributed by atoms with Crippen LogP contribution < -0.4 is 16.0 Å². The number of carbonyl (C=O) groups is 4. The monoisotopic (exact) mass is 381 g/mol. The average molecular weight is 381 g/mol. The molecular weight excluding hydrogens is 358 g/mol. The standard InChI is InChI=1S/C16H23N5O6/c22-13(23)4-3-11(16(26)27)20-15(25)12(6-9-7-17-8-19-9)21-14(24)10-2-1-5-18-10/h7-8,10-12,18H,1-6H2,(H,17,19)(H,20,25)(H,21,24)(H,22,23)(H,26,27). The molecule has 3 unspecified atom stereocenters. The molecule has 2 amide bonds. The molecule has 0 spiro atoms. The van der Waals surface area contributed by atoms with Gasteiger partial charge in [0.1, 0.15) is 12.1 Å². The third-order valence-electron chi connectivity index (χ3n) is 4.25. The van der Waals surface area contributed by atoms with E-state index in [1.807, 2.05) is 0 Å². The van der Waals surface area contributed by atoms with Crippen LogP contribution >= 0.6 is 0 Å². The van der Waals surface area contributed by atoms with Gasteiger partial charge in [-0.25, -0.2) is 9.78 Å². The lowest BCUT2D eigenvalue weighted by atomic mass is 10.1. The van der Waals surface area contributed by atoms with Crippen molar-refractivity contribution in [2.45, 2.75) is 50.2 Å². The zero-order valence-electron chi connectivity index (χ0n) is 14.6. The molecule has 0 saturated carbocycles. The lowest BCUT2D eigenvalue weighted by Gasteiger charge is -2.22. The van der Waals surface area contributed by atoms with Crippen molar-refractivity contribution < 1.29 is 29.4 Å². The Bertz CT molecular complexity index is 671. The number of amides is 2. The van der Waals surface area contributed by atoms with Crippen molar-refractivity contribution in [1.82, 2.24) is 25.9 Å². The smallest absolute Gasteiger partial charge is 0.326 e. The van der Waals surface area contributed by atoms with Crippen LogP contribution in [0.4, 0.5) is 0 Å². The number of carboxylic acid groups (broad SMARTS) is 2. The van der Waals surface area contributed by atoms with Gasteiger partial charge in [0.05, 0.1) is 12.4 Å². The van der Waals surface area contributed by atoms with Crippen LogP contribution in [0.1, 0.15) is 31.4 Å². The van der Waals surface area contributed by atoms with Crippen LogP contribution in [0.25, 0.3) is 0 Å². The summed E-state index contributed by atoms with van der Waals surface area (Å²) in [7, 11) is 0. The molecule has 11 heteroatoms. The molecule has 2 heterocycles. The van der Waals surface area contributed by atoms with Crippen molar-refractivity contribution in [3.8, 4) is 0 Å². The van der Waals surface area contributed by atoms with Crippen molar-refractivity contribution in [2.75, 3.05) is 6.54 Å². The number of hydrogen-bond donors (Lipinski definition) is 6. The van der Waals surface area contributed by atoms with Gasteiger partial charge in [-0.1, -0.05) is 0 Å². The number of nitrogens with one attached hydrogen (secondary N) is 4. The Morgan fingerprint density at radius 2 is 2.00 bits per heavy atom. The van der Waals surface area contributed by atoms with Gasteiger partial charge >= 0.3 is 11.9 Å². The maximum atomic E-state index is 12.6. The van der Waals surface area contributed by atoms with Crippen LogP contribution in [0, 0.1) is 0 Å². The fourth-order valence-corrected chi connectivity index (χ4v) is 2.80. The molecular formula is C16H23N5O6. The lowest BCUT2D eigenvalue weighted by molar-refractivity contribution is -0.143.